The van der Waals surface area contributed by atoms with Crippen molar-refractivity contribution >= 4 is 15.7 Å². The van der Waals surface area contributed by atoms with E-state index in [1.165, 1.54) is 0 Å². The zero-order valence-corrected chi connectivity index (χ0v) is 18.2. The fourth-order valence-corrected chi connectivity index (χ4v) is 5.47. The Morgan fingerprint density at radius 1 is 1.13 bits per heavy atom. The lowest BCUT2D eigenvalue weighted by molar-refractivity contribution is -0.151. The van der Waals surface area contributed by atoms with Gasteiger partial charge in [-0.15, -0.1) is 0 Å². The lowest BCUT2D eigenvalue weighted by atomic mass is 9.83. The van der Waals surface area contributed by atoms with Crippen LogP contribution in [0.25, 0.3) is 0 Å². The molecule has 1 spiro atoms. The van der Waals surface area contributed by atoms with Crippen molar-refractivity contribution in [3.63, 3.8) is 0 Å². The summed E-state index contributed by atoms with van der Waals surface area (Å²) in [5, 5.41) is 0. The smallest absolute Gasteiger partial charge is 0.316 e. The second kappa shape index (κ2) is 9.32. The molecular weight excluding hydrogens is 418 g/mol. The van der Waals surface area contributed by atoms with Gasteiger partial charge in [0.1, 0.15) is 6.10 Å². The molecular formula is C22H27N3O5S. The van der Waals surface area contributed by atoms with Crippen LogP contribution in [0.5, 0.6) is 6.01 Å². The molecule has 1 aromatic heterocycles. The monoisotopic (exact) mass is 445 g/mol. The maximum absolute atomic E-state index is 12.6. The van der Waals surface area contributed by atoms with Gasteiger partial charge in [-0.2, -0.15) is 0 Å². The molecule has 3 heterocycles. The molecule has 1 atom stereocenters. The minimum Gasteiger partial charge on any atom is -0.460 e. The van der Waals surface area contributed by atoms with Crippen molar-refractivity contribution in [1.82, 2.24) is 14.9 Å². The Hall–Kier alpha value is -2.52. The van der Waals surface area contributed by atoms with Gasteiger partial charge in [0.05, 0.1) is 22.9 Å². The van der Waals surface area contributed by atoms with Gasteiger partial charge in [0, 0.05) is 44.7 Å². The minimum atomic E-state index is -3.46. The first-order chi connectivity index (χ1) is 15.0. The summed E-state index contributed by atoms with van der Waals surface area (Å²) in [6.07, 6.45) is 6.20. The lowest BCUT2D eigenvalue weighted by Crippen LogP contribution is -2.52. The van der Waals surface area contributed by atoms with Gasteiger partial charge < -0.3 is 14.4 Å². The van der Waals surface area contributed by atoms with Gasteiger partial charge in [-0.05, 0) is 31.0 Å². The number of amides is 1. The fraction of sp³-hybridized carbons (Fsp3) is 0.500. The maximum atomic E-state index is 12.6. The first-order valence-corrected chi connectivity index (χ1v) is 12.2. The Kier molecular flexibility index (Phi) is 6.52. The lowest BCUT2D eigenvalue weighted by Gasteiger charge is -2.45. The van der Waals surface area contributed by atoms with E-state index in [9.17, 15) is 13.2 Å². The number of benzene rings is 1. The van der Waals surface area contributed by atoms with Crippen molar-refractivity contribution in [1.29, 1.82) is 0 Å². The highest BCUT2D eigenvalue weighted by atomic mass is 32.2. The van der Waals surface area contributed by atoms with Crippen LogP contribution in [0, 0.1) is 0 Å². The topological polar surface area (TPSA) is 98.7 Å². The summed E-state index contributed by atoms with van der Waals surface area (Å²) in [6, 6.07) is 10.4. The summed E-state index contributed by atoms with van der Waals surface area (Å²) in [4.78, 5) is 22.9. The van der Waals surface area contributed by atoms with E-state index in [1.807, 2.05) is 0 Å². The van der Waals surface area contributed by atoms with Crippen LogP contribution in [0.3, 0.4) is 0 Å². The number of hydrogen-bond acceptors (Lipinski definition) is 7. The molecule has 4 rings (SSSR count). The molecule has 0 bridgehead atoms. The van der Waals surface area contributed by atoms with Crippen LogP contribution in [0.15, 0.2) is 53.7 Å². The third-order valence-electron chi connectivity index (χ3n) is 5.98. The third kappa shape index (κ3) is 5.40. The summed E-state index contributed by atoms with van der Waals surface area (Å²) >= 11 is 0. The van der Waals surface area contributed by atoms with Crippen molar-refractivity contribution in [2.45, 2.75) is 48.7 Å². The second-order valence-corrected chi connectivity index (χ2v) is 10.2. The minimum absolute atomic E-state index is 0.0117. The molecule has 0 saturated carbocycles. The van der Waals surface area contributed by atoms with Gasteiger partial charge in [-0.3, -0.25) is 4.79 Å². The molecule has 1 unspecified atom stereocenters. The summed E-state index contributed by atoms with van der Waals surface area (Å²) in [5.41, 5.74) is -0.315. The van der Waals surface area contributed by atoms with E-state index in [-0.39, 0.29) is 34.7 Å². The number of piperidine rings is 1. The molecule has 2 aliphatic rings. The average molecular weight is 446 g/mol. The van der Waals surface area contributed by atoms with Crippen molar-refractivity contribution < 1.29 is 22.7 Å². The van der Waals surface area contributed by atoms with Gasteiger partial charge in [-0.25, -0.2) is 18.4 Å². The van der Waals surface area contributed by atoms with Crippen LogP contribution in [-0.4, -0.2) is 66.3 Å². The summed E-state index contributed by atoms with van der Waals surface area (Å²) in [6.45, 7) is 1.71. The van der Waals surface area contributed by atoms with Crippen LogP contribution >= 0.6 is 0 Å². The molecule has 2 fully saturated rings. The van der Waals surface area contributed by atoms with Crippen LogP contribution in [0.1, 0.15) is 32.1 Å². The highest BCUT2D eigenvalue weighted by Gasteiger charge is 2.42. The number of carbonyl (C=O) groups is 1. The first kappa shape index (κ1) is 21.7. The van der Waals surface area contributed by atoms with Crippen LogP contribution in [0.2, 0.25) is 0 Å². The van der Waals surface area contributed by atoms with Gasteiger partial charge >= 0.3 is 6.01 Å². The maximum Gasteiger partial charge on any atom is 0.316 e. The van der Waals surface area contributed by atoms with E-state index >= 15 is 0 Å². The van der Waals surface area contributed by atoms with Crippen LogP contribution in [-0.2, 0) is 19.4 Å². The van der Waals surface area contributed by atoms with E-state index in [0.29, 0.717) is 38.5 Å². The average Bonchev–Trinajstić information content (AvgIpc) is 2.79. The molecule has 2 aliphatic heterocycles. The van der Waals surface area contributed by atoms with E-state index in [1.54, 1.807) is 53.7 Å². The van der Waals surface area contributed by atoms with Crippen molar-refractivity contribution in [3.8, 4) is 6.01 Å². The normalized spacial score (nSPS) is 21.0. The highest BCUT2D eigenvalue weighted by molar-refractivity contribution is 7.91. The Balaban J connectivity index is 1.28. The fourth-order valence-electron chi connectivity index (χ4n) is 4.22. The van der Waals surface area contributed by atoms with E-state index in [4.69, 9.17) is 9.47 Å². The molecule has 31 heavy (non-hydrogen) atoms. The largest absolute Gasteiger partial charge is 0.460 e. The van der Waals surface area contributed by atoms with E-state index in [2.05, 4.69) is 9.97 Å². The molecule has 0 radical (unpaired) electrons. The van der Waals surface area contributed by atoms with Crippen molar-refractivity contribution in [3.05, 3.63) is 48.8 Å². The zero-order chi connectivity index (χ0) is 21.7. The van der Waals surface area contributed by atoms with Crippen molar-refractivity contribution in [2.24, 2.45) is 0 Å². The number of sulfone groups is 1. The van der Waals surface area contributed by atoms with Crippen LogP contribution < -0.4 is 4.74 Å². The Labute approximate surface area is 182 Å². The number of rotatable bonds is 6. The highest BCUT2D eigenvalue weighted by Crippen LogP contribution is 2.36. The first-order valence-electron chi connectivity index (χ1n) is 10.6. The Morgan fingerprint density at radius 2 is 1.84 bits per heavy atom. The quantitative estimate of drug-likeness (QED) is 0.672. The number of carbonyl (C=O) groups excluding carboxylic acids is 1. The number of nitrogens with zero attached hydrogens (tertiary/aromatic N) is 3. The van der Waals surface area contributed by atoms with E-state index in [0.717, 1.165) is 12.8 Å². The molecule has 166 valence electrons. The summed E-state index contributed by atoms with van der Waals surface area (Å²) in [7, 11) is -3.46. The predicted molar refractivity (Wildman–Crippen MR) is 113 cm³/mol. The van der Waals surface area contributed by atoms with Gasteiger partial charge in [0.2, 0.25) is 5.91 Å². The van der Waals surface area contributed by atoms with Crippen LogP contribution in [0.4, 0.5) is 0 Å². The zero-order valence-electron chi connectivity index (χ0n) is 17.4. The third-order valence-corrected chi connectivity index (χ3v) is 7.71. The van der Waals surface area contributed by atoms with Crippen molar-refractivity contribution in [2.75, 3.05) is 25.4 Å². The number of hydrogen-bond donors (Lipinski definition) is 0. The summed E-state index contributed by atoms with van der Waals surface area (Å²) < 4.78 is 36.9. The van der Waals surface area contributed by atoms with Gasteiger partial charge in [0.25, 0.3) is 0 Å². The number of aromatic nitrogens is 2. The summed E-state index contributed by atoms with van der Waals surface area (Å²) in [5.74, 6) is -0.309. The SMILES string of the molecule is O=C(CCS(=O)(=O)c1ccccc1)N1CCC2(CC1)CC(Oc1ncccn1)CCO2. The molecule has 1 aromatic carbocycles. The number of likely N-dealkylation sites (tertiary alicyclic amines) is 1. The Morgan fingerprint density at radius 3 is 2.55 bits per heavy atom. The second-order valence-electron chi connectivity index (χ2n) is 8.06. The molecule has 9 heteroatoms. The van der Waals surface area contributed by atoms with Gasteiger partial charge in [-0.1, -0.05) is 18.2 Å². The molecule has 0 aliphatic carbocycles. The molecule has 1 amide bonds. The molecule has 2 saturated heterocycles. The molecule has 2 aromatic rings. The predicted octanol–water partition coefficient (Wildman–Crippen LogP) is 2.26. The molecule has 8 nitrogen and oxygen atoms in total. The van der Waals surface area contributed by atoms with E-state index < -0.39 is 9.84 Å². The van der Waals surface area contributed by atoms with Gasteiger partial charge in [0.15, 0.2) is 9.84 Å². The molecule has 0 N–H and O–H groups in total. The standard InChI is InChI=1S/C22H27N3O5S/c26-20(8-16-31(27,28)19-5-2-1-3-6-19)25-13-9-22(10-14-25)17-18(7-15-29-22)30-21-23-11-4-12-24-21/h1-6,11-12,18H,7-10,13-17H2. The Bertz CT molecular complexity index is 977. The number of ether oxygens (including phenoxy) is 2.